The Labute approximate surface area is 89.2 Å². The van der Waals surface area contributed by atoms with Gasteiger partial charge in [0.05, 0.1) is 11.6 Å². The van der Waals surface area contributed by atoms with Crippen LogP contribution < -0.4 is 0 Å². The third kappa shape index (κ3) is 4.09. The third-order valence-corrected chi connectivity index (χ3v) is 2.69. The molecular formula is C10H16N2OS. The van der Waals surface area contributed by atoms with E-state index in [1.165, 1.54) is 0 Å². The standard InChI is InChI=1S/C10H16N2OS/c1-12(2)5-6-14-10-4-3-9(8-13)7-11-10/h3-4,7,13H,5-6,8H2,1-2H3. The third-order valence-electron chi connectivity index (χ3n) is 1.77. The van der Waals surface area contributed by atoms with Crippen molar-refractivity contribution in [3.63, 3.8) is 0 Å². The number of hydrogen-bond acceptors (Lipinski definition) is 4. The van der Waals surface area contributed by atoms with Crippen LogP contribution in [0.15, 0.2) is 23.4 Å². The van der Waals surface area contributed by atoms with E-state index in [0.717, 1.165) is 22.9 Å². The molecular weight excluding hydrogens is 196 g/mol. The van der Waals surface area contributed by atoms with Crippen molar-refractivity contribution in [3.8, 4) is 0 Å². The van der Waals surface area contributed by atoms with Gasteiger partial charge in [0, 0.05) is 18.5 Å². The normalized spacial score (nSPS) is 10.9. The fraction of sp³-hybridized carbons (Fsp3) is 0.500. The van der Waals surface area contributed by atoms with E-state index in [2.05, 4.69) is 24.0 Å². The molecule has 0 aliphatic rings. The maximum absolute atomic E-state index is 8.82. The molecule has 0 spiro atoms. The molecule has 0 aliphatic carbocycles. The molecule has 0 fully saturated rings. The number of pyridine rings is 1. The average Bonchev–Trinajstić information content (AvgIpc) is 2.18. The van der Waals surface area contributed by atoms with Crippen molar-refractivity contribution in [1.82, 2.24) is 9.88 Å². The highest BCUT2D eigenvalue weighted by Gasteiger charge is 1.97. The predicted molar refractivity (Wildman–Crippen MR) is 59.4 cm³/mol. The Kier molecular flexibility index (Phi) is 4.93. The van der Waals surface area contributed by atoms with Crippen LogP contribution >= 0.6 is 11.8 Å². The van der Waals surface area contributed by atoms with Crippen LogP contribution in [0.4, 0.5) is 0 Å². The molecule has 4 heteroatoms. The molecule has 78 valence electrons. The zero-order chi connectivity index (χ0) is 10.4. The number of hydrogen-bond donors (Lipinski definition) is 1. The van der Waals surface area contributed by atoms with Gasteiger partial charge in [-0.1, -0.05) is 6.07 Å². The van der Waals surface area contributed by atoms with Crippen molar-refractivity contribution < 1.29 is 5.11 Å². The van der Waals surface area contributed by atoms with Gasteiger partial charge in [-0.25, -0.2) is 4.98 Å². The van der Waals surface area contributed by atoms with Gasteiger partial charge in [-0.05, 0) is 25.7 Å². The second kappa shape index (κ2) is 6.01. The van der Waals surface area contributed by atoms with E-state index in [4.69, 9.17) is 5.11 Å². The molecule has 1 heterocycles. The van der Waals surface area contributed by atoms with Crippen LogP contribution in [0.1, 0.15) is 5.56 Å². The molecule has 0 bridgehead atoms. The van der Waals surface area contributed by atoms with Gasteiger partial charge >= 0.3 is 0 Å². The molecule has 1 aromatic heterocycles. The zero-order valence-corrected chi connectivity index (χ0v) is 9.42. The lowest BCUT2D eigenvalue weighted by molar-refractivity contribution is 0.281. The molecule has 1 N–H and O–H groups in total. The Hall–Kier alpha value is -0.580. The van der Waals surface area contributed by atoms with E-state index < -0.39 is 0 Å². The van der Waals surface area contributed by atoms with Crippen LogP contribution in [-0.2, 0) is 6.61 Å². The Morgan fingerprint density at radius 2 is 2.21 bits per heavy atom. The van der Waals surface area contributed by atoms with Crippen LogP contribution in [0, 0.1) is 0 Å². The highest BCUT2D eigenvalue weighted by Crippen LogP contribution is 2.14. The van der Waals surface area contributed by atoms with E-state index in [0.29, 0.717) is 0 Å². The second-order valence-electron chi connectivity index (χ2n) is 3.31. The van der Waals surface area contributed by atoms with Crippen molar-refractivity contribution in [3.05, 3.63) is 23.9 Å². The summed E-state index contributed by atoms with van der Waals surface area (Å²) >= 11 is 1.73. The first-order valence-electron chi connectivity index (χ1n) is 4.55. The molecule has 0 amide bonds. The molecule has 0 unspecified atom stereocenters. The first-order valence-corrected chi connectivity index (χ1v) is 5.54. The molecule has 0 aromatic carbocycles. The highest BCUT2D eigenvalue weighted by molar-refractivity contribution is 7.99. The maximum Gasteiger partial charge on any atom is 0.0960 e. The lowest BCUT2D eigenvalue weighted by atomic mass is 10.3. The predicted octanol–water partition coefficient (Wildman–Crippen LogP) is 1.23. The van der Waals surface area contributed by atoms with Crippen molar-refractivity contribution in [2.24, 2.45) is 0 Å². The highest BCUT2D eigenvalue weighted by atomic mass is 32.2. The van der Waals surface area contributed by atoms with Gasteiger partial charge in [-0.15, -0.1) is 11.8 Å². The van der Waals surface area contributed by atoms with Crippen molar-refractivity contribution in [1.29, 1.82) is 0 Å². The van der Waals surface area contributed by atoms with Crippen LogP contribution in [0.25, 0.3) is 0 Å². The first kappa shape index (κ1) is 11.5. The van der Waals surface area contributed by atoms with Gasteiger partial charge in [0.15, 0.2) is 0 Å². The fourth-order valence-corrected chi connectivity index (χ4v) is 1.88. The summed E-state index contributed by atoms with van der Waals surface area (Å²) in [6.45, 7) is 1.11. The summed E-state index contributed by atoms with van der Waals surface area (Å²) in [6, 6.07) is 3.86. The summed E-state index contributed by atoms with van der Waals surface area (Å²) in [4.78, 5) is 6.38. The molecule has 0 aliphatic heterocycles. The molecule has 0 saturated heterocycles. The molecule has 0 atom stereocenters. The summed E-state index contributed by atoms with van der Waals surface area (Å²) < 4.78 is 0. The average molecular weight is 212 g/mol. The van der Waals surface area contributed by atoms with Crippen molar-refractivity contribution in [2.45, 2.75) is 11.6 Å². The van der Waals surface area contributed by atoms with E-state index in [1.54, 1.807) is 18.0 Å². The summed E-state index contributed by atoms with van der Waals surface area (Å²) in [6.07, 6.45) is 1.72. The van der Waals surface area contributed by atoms with Crippen molar-refractivity contribution >= 4 is 11.8 Å². The number of aliphatic hydroxyl groups is 1. The Balaban J connectivity index is 2.36. The Morgan fingerprint density at radius 3 is 2.71 bits per heavy atom. The molecule has 0 saturated carbocycles. The first-order chi connectivity index (χ1) is 6.72. The smallest absolute Gasteiger partial charge is 0.0960 e. The van der Waals surface area contributed by atoms with E-state index in [1.807, 2.05) is 12.1 Å². The number of aromatic nitrogens is 1. The summed E-state index contributed by atoms with van der Waals surface area (Å²) in [5.41, 5.74) is 0.863. The van der Waals surface area contributed by atoms with Gasteiger partial charge in [0.1, 0.15) is 0 Å². The van der Waals surface area contributed by atoms with Gasteiger partial charge in [-0.2, -0.15) is 0 Å². The van der Waals surface area contributed by atoms with Gasteiger partial charge < -0.3 is 10.0 Å². The summed E-state index contributed by atoms with van der Waals surface area (Å²) in [5.74, 6) is 1.04. The second-order valence-corrected chi connectivity index (χ2v) is 4.43. The maximum atomic E-state index is 8.82. The number of aliphatic hydroxyl groups excluding tert-OH is 1. The van der Waals surface area contributed by atoms with E-state index in [-0.39, 0.29) is 6.61 Å². The summed E-state index contributed by atoms with van der Waals surface area (Å²) in [7, 11) is 4.12. The van der Waals surface area contributed by atoms with Crippen LogP contribution in [0.2, 0.25) is 0 Å². The number of thioether (sulfide) groups is 1. The molecule has 3 nitrogen and oxygen atoms in total. The Morgan fingerprint density at radius 1 is 1.43 bits per heavy atom. The number of rotatable bonds is 5. The monoisotopic (exact) mass is 212 g/mol. The zero-order valence-electron chi connectivity index (χ0n) is 8.60. The molecule has 1 aromatic rings. The quantitative estimate of drug-likeness (QED) is 0.745. The fourth-order valence-electron chi connectivity index (χ4n) is 0.923. The number of nitrogens with zero attached hydrogens (tertiary/aromatic N) is 2. The minimum Gasteiger partial charge on any atom is -0.392 e. The molecule has 1 rings (SSSR count). The van der Waals surface area contributed by atoms with E-state index >= 15 is 0 Å². The van der Waals surface area contributed by atoms with Gasteiger partial charge in [-0.3, -0.25) is 0 Å². The summed E-state index contributed by atoms with van der Waals surface area (Å²) in [5, 5.41) is 9.84. The SMILES string of the molecule is CN(C)CCSc1ccc(CO)cn1. The minimum absolute atomic E-state index is 0.0651. The molecule has 0 radical (unpaired) electrons. The van der Waals surface area contributed by atoms with Crippen molar-refractivity contribution in [2.75, 3.05) is 26.4 Å². The van der Waals surface area contributed by atoms with Crippen LogP contribution in [-0.4, -0.2) is 41.4 Å². The van der Waals surface area contributed by atoms with Gasteiger partial charge in [0.25, 0.3) is 0 Å². The van der Waals surface area contributed by atoms with E-state index in [9.17, 15) is 0 Å². The minimum atomic E-state index is 0.0651. The lowest BCUT2D eigenvalue weighted by Crippen LogP contribution is -2.14. The van der Waals surface area contributed by atoms with Crippen LogP contribution in [0.3, 0.4) is 0 Å². The van der Waals surface area contributed by atoms with Crippen LogP contribution in [0.5, 0.6) is 0 Å². The Bertz CT molecular complexity index is 261. The molecule has 14 heavy (non-hydrogen) atoms. The van der Waals surface area contributed by atoms with Gasteiger partial charge in [0.2, 0.25) is 0 Å². The lowest BCUT2D eigenvalue weighted by Gasteiger charge is -2.08. The largest absolute Gasteiger partial charge is 0.392 e. The topological polar surface area (TPSA) is 36.4 Å².